The summed E-state index contributed by atoms with van der Waals surface area (Å²) in [7, 11) is 0. The van der Waals surface area contributed by atoms with Crippen LogP contribution in [0.1, 0.15) is 48.7 Å². The fourth-order valence-corrected chi connectivity index (χ4v) is 4.44. The summed E-state index contributed by atoms with van der Waals surface area (Å²) in [5.74, 6) is 0.323. The minimum Gasteiger partial charge on any atom is -0.293 e. The van der Waals surface area contributed by atoms with Gasteiger partial charge in [-0.25, -0.2) is 0 Å². The molecule has 0 aromatic carbocycles. The zero-order valence-corrected chi connectivity index (χ0v) is 13.2. The molecule has 1 nitrogen and oxygen atoms in total. The monoisotopic (exact) mass is 364 g/mol. The van der Waals surface area contributed by atoms with E-state index in [-0.39, 0.29) is 5.41 Å². The molecular formula is C12H14Br2OS. The average molecular weight is 366 g/mol. The van der Waals surface area contributed by atoms with E-state index < -0.39 is 0 Å². The van der Waals surface area contributed by atoms with Gasteiger partial charge in [0.1, 0.15) is 0 Å². The van der Waals surface area contributed by atoms with Crippen LogP contribution in [0.5, 0.6) is 0 Å². The highest BCUT2D eigenvalue weighted by Gasteiger charge is 2.35. The second-order valence-corrected chi connectivity index (χ2v) is 7.91. The molecule has 1 saturated carbocycles. The summed E-state index contributed by atoms with van der Waals surface area (Å²) < 4.78 is 2.00. The number of carbonyl (C=O) groups excluding carboxylic acids is 1. The van der Waals surface area contributed by atoms with Gasteiger partial charge in [-0.2, -0.15) is 0 Å². The van der Waals surface area contributed by atoms with E-state index in [1.165, 1.54) is 30.6 Å². The Morgan fingerprint density at radius 2 is 1.94 bits per heavy atom. The van der Waals surface area contributed by atoms with Gasteiger partial charge < -0.3 is 0 Å². The molecule has 88 valence electrons. The van der Waals surface area contributed by atoms with Crippen molar-refractivity contribution in [2.24, 2.45) is 5.41 Å². The zero-order valence-electron chi connectivity index (χ0n) is 9.19. The summed E-state index contributed by atoms with van der Waals surface area (Å²) >= 11 is 8.42. The van der Waals surface area contributed by atoms with E-state index in [1.807, 2.05) is 6.07 Å². The van der Waals surface area contributed by atoms with Crippen molar-refractivity contribution in [3.05, 3.63) is 19.2 Å². The van der Waals surface area contributed by atoms with Gasteiger partial charge in [-0.15, -0.1) is 11.3 Å². The predicted molar refractivity (Wildman–Crippen MR) is 75.2 cm³/mol. The van der Waals surface area contributed by atoms with Crippen molar-refractivity contribution in [2.45, 2.75) is 39.0 Å². The number of carbonyl (C=O) groups is 1. The molecule has 0 N–H and O–H groups in total. The van der Waals surface area contributed by atoms with E-state index in [0.29, 0.717) is 5.78 Å². The predicted octanol–water partition coefficient (Wildman–Crippen LogP) is 5.43. The molecule has 0 radical (unpaired) electrons. The molecule has 1 aromatic heterocycles. The van der Waals surface area contributed by atoms with Crippen LogP contribution in [-0.4, -0.2) is 5.78 Å². The highest BCUT2D eigenvalue weighted by molar-refractivity contribution is 9.13. The number of halogens is 2. The van der Waals surface area contributed by atoms with Gasteiger partial charge in [0, 0.05) is 9.89 Å². The van der Waals surface area contributed by atoms with Gasteiger partial charge in [-0.3, -0.25) is 4.79 Å². The van der Waals surface area contributed by atoms with Crippen LogP contribution in [0, 0.1) is 5.41 Å². The molecule has 0 atom stereocenters. The van der Waals surface area contributed by atoms with E-state index in [0.717, 1.165) is 26.0 Å². The minimum atomic E-state index is -0.123. The molecule has 1 heterocycles. The van der Waals surface area contributed by atoms with Crippen LogP contribution in [0.3, 0.4) is 0 Å². The lowest BCUT2D eigenvalue weighted by Gasteiger charge is -2.31. The van der Waals surface area contributed by atoms with Crippen LogP contribution in [0.2, 0.25) is 0 Å². The molecule has 1 aromatic rings. The third-order valence-electron chi connectivity index (χ3n) is 3.37. The Balaban J connectivity index is 2.23. The fourth-order valence-electron chi connectivity index (χ4n) is 2.32. The Kier molecular flexibility index (Phi) is 3.92. The first-order valence-electron chi connectivity index (χ1n) is 5.52. The Labute approximate surface area is 117 Å². The summed E-state index contributed by atoms with van der Waals surface area (Å²) in [6, 6.07) is 1.94. The molecule has 0 bridgehead atoms. The highest BCUT2D eigenvalue weighted by atomic mass is 79.9. The van der Waals surface area contributed by atoms with Crippen molar-refractivity contribution >= 4 is 49.0 Å². The molecule has 1 aliphatic rings. The van der Waals surface area contributed by atoms with E-state index >= 15 is 0 Å². The van der Waals surface area contributed by atoms with E-state index in [4.69, 9.17) is 0 Å². The first-order valence-corrected chi connectivity index (χ1v) is 7.93. The molecule has 1 fully saturated rings. The summed E-state index contributed by atoms with van der Waals surface area (Å²) in [5, 5.41) is 0. The topological polar surface area (TPSA) is 17.1 Å². The highest BCUT2D eigenvalue weighted by Crippen LogP contribution is 2.42. The summed E-state index contributed by atoms with van der Waals surface area (Å²) in [6.45, 7) is 2.12. The number of thiophene rings is 1. The number of ketones is 1. The molecule has 1 aliphatic carbocycles. The first-order chi connectivity index (χ1) is 7.53. The largest absolute Gasteiger partial charge is 0.293 e. The number of Topliss-reactive ketones (excluding diaryl/α,β-unsaturated/α-hetero) is 1. The van der Waals surface area contributed by atoms with Gasteiger partial charge >= 0.3 is 0 Å². The van der Waals surface area contributed by atoms with Crippen molar-refractivity contribution in [3.63, 3.8) is 0 Å². The molecule has 16 heavy (non-hydrogen) atoms. The zero-order chi connectivity index (χ0) is 11.8. The van der Waals surface area contributed by atoms with E-state index in [1.54, 1.807) is 0 Å². The van der Waals surface area contributed by atoms with Gasteiger partial charge in [0.2, 0.25) is 0 Å². The van der Waals surface area contributed by atoms with Crippen LogP contribution < -0.4 is 0 Å². The Morgan fingerprint density at radius 3 is 2.44 bits per heavy atom. The second-order valence-electron chi connectivity index (χ2n) is 4.68. The summed E-state index contributed by atoms with van der Waals surface area (Å²) in [5.41, 5.74) is -0.123. The minimum absolute atomic E-state index is 0.123. The van der Waals surface area contributed by atoms with Crippen LogP contribution in [0.15, 0.2) is 14.3 Å². The molecule has 4 heteroatoms. The van der Waals surface area contributed by atoms with Crippen LogP contribution >= 0.6 is 43.2 Å². The Morgan fingerprint density at radius 1 is 1.31 bits per heavy atom. The fraction of sp³-hybridized carbons (Fsp3) is 0.583. The Bertz CT molecular complexity index is 386. The molecule has 2 rings (SSSR count). The lowest BCUT2D eigenvalue weighted by molar-refractivity contribution is 0.0754. The van der Waals surface area contributed by atoms with Crippen molar-refractivity contribution in [1.82, 2.24) is 0 Å². The molecular weight excluding hydrogens is 352 g/mol. The summed E-state index contributed by atoms with van der Waals surface area (Å²) in [4.78, 5) is 13.3. The lowest BCUT2D eigenvalue weighted by atomic mass is 9.72. The quantitative estimate of drug-likeness (QED) is 0.639. The molecule has 0 spiro atoms. The van der Waals surface area contributed by atoms with Crippen molar-refractivity contribution in [3.8, 4) is 0 Å². The maximum atomic E-state index is 12.5. The van der Waals surface area contributed by atoms with Gasteiger partial charge in [-0.05, 0) is 50.8 Å². The number of hydrogen-bond acceptors (Lipinski definition) is 2. The number of hydrogen-bond donors (Lipinski definition) is 0. The van der Waals surface area contributed by atoms with Crippen LogP contribution in [0.25, 0.3) is 0 Å². The Hall–Kier alpha value is 0.330. The molecule has 0 unspecified atom stereocenters. The van der Waals surface area contributed by atoms with Crippen LogP contribution in [-0.2, 0) is 0 Å². The first kappa shape index (κ1) is 12.8. The van der Waals surface area contributed by atoms with Crippen molar-refractivity contribution in [1.29, 1.82) is 0 Å². The standard InChI is InChI=1S/C12H14Br2OS/c1-12(5-3-2-4-6-12)10(15)9-7-8(13)11(14)16-9/h7H,2-6H2,1H3. The lowest BCUT2D eigenvalue weighted by Crippen LogP contribution is -2.29. The SMILES string of the molecule is CC1(C(=O)c2cc(Br)c(Br)s2)CCCCC1. The van der Waals surface area contributed by atoms with E-state index in [9.17, 15) is 4.79 Å². The normalized spacial score (nSPS) is 19.7. The van der Waals surface area contributed by atoms with Gasteiger partial charge in [0.25, 0.3) is 0 Å². The third-order valence-corrected chi connectivity index (χ3v) is 6.63. The maximum Gasteiger partial charge on any atom is 0.178 e. The summed E-state index contributed by atoms with van der Waals surface area (Å²) in [6.07, 6.45) is 5.74. The number of rotatable bonds is 2. The van der Waals surface area contributed by atoms with Gasteiger partial charge in [-0.1, -0.05) is 26.2 Å². The maximum absolute atomic E-state index is 12.5. The average Bonchev–Trinajstić information content (AvgIpc) is 2.59. The smallest absolute Gasteiger partial charge is 0.178 e. The van der Waals surface area contributed by atoms with Gasteiger partial charge in [0.05, 0.1) is 8.66 Å². The van der Waals surface area contributed by atoms with Crippen molar-refractivity contribution < 1.29 is 4.79 Å². The molecule has 0 aliphatic heterocycles. The van der Waals surface area contributed by atoms with Gasteiger partial charge in [0.15, 0.2) is 5.78 Å². The van der Waals surface area contributed by atoms with E-state index in [2.05, 4.69) is 38.8 Å². The molecule has 0 amide bonds. The van der Waals surface area contributed by atoms with Crippen LogP contribution in [0.4, 0.5) is 0 Å². The second kappa shape index (κ2) is 4.91. The van der Waals surface area contributed by atoms with Crippen molar-refractivity contribution in [2.75, 3.05) is 0 Å². The molecule has 0 saturated heterocycles. The third kappa shape index (κ3) is 2.44.